The average Bonchev–Trinajstić information content (AvgIpc) is 2.84. The third kappa shape index (κ3) is 4.01. The molecule has 1 fully saturated rings. The summed E-state index contributed by atoms with van der Waals surface area (Å²) in [5.74, 6) is -0.368. The van der Waals surface area contributed by atoms with E-state index in [-0.39, 0.29) is 12.3 Å². The summed E-state index contributed by atoms with van der Waals surface area (Å²) in [4.78, 5) is 33.8. The molecular weight excluding hydrogens is 372 g/mol. The van der Waals surface area contributed by atoms with Crippen LogP contribution in [0, 0.1) is 0 Å². The molecule has 1 saturated heterocycles. The van der Waals surface area contributed by atoms with E-state index in [9.17, 15) is 14.4 Å². The average molecular weight is 385 g/mol. The summed E-state index contributed by atoms with van der Waals surface area (Å²) in [6.45, 7) is -0.266. The first-order valence-electron chi connectivity index (χ1n) is 6.35. The van der Waals surface area contributed by atoms with E-state index < -0.39 is 17.9 Å². The van der Waals surface area contributed by atoms with Crippen molar-refractivity contribution < 1.29 is 28.6 Å². The molecule has 2 N–H and O–H groups in total. The van der Waals surface area contributed by atoms with Crippen molar-refractivity contribution in [2.75, 3.05) is 20.8 Å². The number of hydrogen-bond donors (Lipinski definition) is 2. The Bertz CT molecular complexity index is 701. The van der Waals surface area contributed by atoms with Gasteiger partial charge < -0.3 is 19.5 Å². The van der Waals surface area contributed by atoms with Crippen LogP contribution in [0.1, 0.15) is 5.56 Å². The third-order valence-electron chi connectivity index (χ3n) is 2.88. The Labute approximate surface area is 139 Å². The number of methoxy groups -OCH3 is 2. The van der Waals surface area contributed by atoms with Gasteiger partial charge in [0.05, 0.1) is 14.2 Å². The lowest BCUT2D eigenvalue weighted by Gasteiger charge is -2.12. The molecular formula is C14H13BrN2O6. The standard InChI is InChI=1S/C14H13BrN2O6/c1-21-10-4-7(3-9-13(19)17-14(20)16-9)8(15)5-11(10)23-6-12(18)22-2/h3-5H,6H2,1-2H3,(H2,16,17,19,20)/b9-3-. The lowest BCUT2D eigenvalue weighted by atomic mass is 10.1. The van der Waals surface area contributed by atoms with Crippen LogP contribution >= 0.6 is 15.9 Å². The number of halogens is 1. The van der Waals surface area contributed by atoms with Gasteiger partial charge in [-0.25, -0.2) is 9.59 Å². The summed E-state index contributed by atoms with van der Waals surface area (Å²) in [5, 5.41) is 4.49. The Morgan fingerprint density at radius 3 is 2.52 bits per heavy atom. The Balaban J connectivity index is 2.29. The number of esters is 1. The minimum atomic E-state index is -0.581. The summed E-state index contributed by atoms with van der Waals surface area (Å²) in [6.07, 6.45) is 1.48. The van der Waals surface area contributed by atoms with Gasteiger partial charge in [-0.2, -0.15) is 0 Å². The Morgan fingerprint density at radius 1 is 1.22 bits per heavy atom. The van der Waals surface area contributed by atoms with Crippen LogP contribution in [0.2, 0.25) is 0 Å². The second-order valence-corrected chi connectivity index (χ2v) is 5.21. The summed E-state index contributed by atoms with van der Waals surface area (Å²) in [6, 6.07) is 2.60. The molecule has 23 heavy (non-hydrogen) atoms. The number of rotatable bonds is 5. The molecule has 1 aromatic rings. The van der Waals surface area contributed by atoms with Gasteiger partial charge in [-0.3, -0.25) is 10.1 Å². The van der Waals surface area contributed by atoms with Crippen LogP contribution in [0.15, 0.2) is 22.3 Å². The van der Waals surface area contributed by atoms with E-state index in [4.69, 9.17) is 9.47 Å². The van der Waals surface area contributed by atoms with Gasteiger partial charge in [-0.1, -0.05) is 15.9 Å². The largest absolute Gasteiger partial charge is 0.493 e. The molecule has 9 heteroatoms. The molecule has 0 unspecified atom stereocenters. The molecule has 1 heterocycles. The number of benzene rings is 1. The number of carbonyl (C=O) groups is 3. The maximum Gasteiger partial charge on any atom is 0.343 e. The molecule has 8 nitrogen and oxygen atoms in total. The van der Waals surface area contributed by atoms with Crippen LogP contribution in [0.5, 0.6) is 11.5 Å². The SMILES string of the molecule is COC(=O)COc1cc(Br)c(/C=C2\NC(=O)NC2=O)cc1OC. The fraction of sp³-hybridized carbons (Fsp3) is 0.214. The van der Waals surface area contributed by atoms with Crippen LogP contribution in [0.25, 0.3) is 6.08 Å². The normalized spacial score (nSPS) is 15.2. The molecule has 0 bridgehead atoms. The predicted molar refractivity (Wildman–Crippen MR) is 82.9 cm³/mol. The highest BCUT2D eigenvalue weighted by molar-refractivity contribution is 9.10. The Kier molecular flexibility index (Phi) is 5.22. The van der Waals surface area contributed by atoms with Gasteiger partial charge in [0.2, 0.25) is 0 Å². The van der Waals surface area contributed by atoms with Gasteiger partial charge in [-0.05, 0) is 23.8 Å². The number of imide groups is 1. The van der Waals surface area contributed by atoms with Gasteiger partial charge in [0, 0.05) is 4.47 Å². The van der Waals surface area contributed by atoms with Gasteiger partial charge in [-0.15, -0.1) is 0 Å². The van der Waals surface area contributed by atoms with Crippen LogP contribution in [0.3, 0.4) is 0 Å². The van der Waals surface area contributed by atoms with E-state index in [0.717, 1.165) is 0 Å². The lowest BCUT2D eigenvalue weighted by molar-refractivity contribution is -0.142. The van der Waals surface area contributed by atoms with Crippen molar-refractivity contribution in [2.45, 2.75) is 0 Å². The topological polar surface area (TPSA) is 103 Å². The first-order valence-corrected chi connectivity index (χ1v) is 7.15. The molecule has 2 rings (SSSR count). The zero-order valence-corrected chi connectivity index (χ0v) is 13.9. The molecule has 0 radical (unpaired) electrons. The molecule has 1 aliphatic heterocycles. The highest BCUT2D eigenvalue weighted by Crippen LogP contribution is 2.34. The number of amides is 3. The van der Waals surface area contributed by atoms with Crippen LogP contribution in [-0.2, 0) is 14.3 Å². The zero-order valence-electron chi connectivity index (χ0n) is 12.3. The zero-order chi connectivity index (χ0) is 17.0. The summed E-state index contributed by atoms with van der Waals surface area (Å²) in [7, 11) is 2.70. The van der Waals surface area contributed by atoms with E-state index in [1.165, 1.54) is 20.3 Å². The third-order valence-corrected chi connectivity index (χ3v) is 3.56. The van der Waals surface area contributed by atoms with Crippen molar-refractivity contribution in [3.05, 3.63) is 27.9 Å². The molecule has 0 saturated carbocycles. The van der Waals surface area contributed by atoms with Crippen LogP contribution in [0.4, 0.5) is 4.79 Å². The molecule has 1 aromatic carbocycles. The van der Waals surface area contributed by atoms with Gasteiger partial charge in [0.25, 0.3) is 5.91 Å². The van der Waals surface area contributed by atoms with Crippen molar-refractivity contribution in [3.8, 4) is 11.5 Å². The number of urea groups is 1. The van der Waals surface area contributed by atoms with Crippen molar-refractivity contribution in [2.24, 2.45) is 0 Å². The summed E-state index contributed by atoms with van der Waals surface area (Å²) < 4.78 is 15.6. The Morgan fingerprint density at radius 2 is 1.96 bits per heavy atom. The lowest BCUT2D eigenvalue weighted by Crippen LogP contribution is -2.22. The predicted octanol–water partition coefficient (Wildman–Crippen LogP) is 1.19. The summed E-state index contributed by atoms with van der Waals surface area (Å²) >= 11 is 3.34. The van der Waals surface area contributed by atoms with Crippen molar-refractivity contribution in [3.63, 3.8) is 0 Å². The minimum Gasteiger partial charge on any atom is -0.493 e. The highest BCUT2D eigenvalue weighted by Gasteiger charge is 2.23. The molecule has 122 valence electrons. The van der Waals surface area contributed by atoms with E-state index in [1.54, 1.807) is 12.1 Å². The van der Waals surface area contributed by atoms with Crippen molar-refractivity contribution in [1.29, 1.82) is 0 Å². The van der Waals surface area contributed by atoms with E-state index in [0.29, 0.717) is 21.5 Å². The van der Waals surface area contributed by atoms with E-state index in [1.807, 2.05) is 0 Å². The minimum absolute atomic E-state index is 0.112. The van der Waals surface area contributed by atoms with Crippen molar-refractivity contribution in [1.82, 2.24) is 10.6 Å². The van der Waals surface area contributed by atoms with Gasteiger partial charge in [0.15, 0.2) is 18.1 Å². The highest BCUT2D eigenvalue weighted by atomic mass is 79.9. The second-order valence-electron chi connectivity index (χ2n) is 4.36. The Hall–Kier alpha value is -2.55. The van der Waals surface area contributed by atoms with Crippen LogP contribution in [-0.4, -0.2) is 38.7 Å². The van der Waals surface area contributed by atoms with E-state index in [2.05, 4.69) is 31.3 Å². The summed E-state index contributed by atoms with van der Waals surface area (Å²) in [5.41, 5.74) is 0.695. The first kappa shape index (κ1) is 16.8. The smallest absolute Gasteiger partial charge is 0.343 e. The van der Waals surface area contributed by atoms with Gasteiger partial charge in [0.1, 0.15) is 5.70 Å². The maximum atomic E-state index is 11.5. The number of ether oxygens (including phenoxy) is 3. The van der Waals surface area contributed by atoms with Crippen molar-refractivity contribution >= 4 is 39.9 Å². The quantitative estimate of drug-likeness (QED) is 0.449. The number of hydrogen-bond acceptors (Lipinski definition) is 6. The monoisotopic (exact) mass is 384 g/mol. The maximum absolute atomic E-state index is 11.5. The molecule has 0 atom stereocenters. The number of carbonyl (C=O) groups excluding carboxylic acids is 3. The molecule has 1 aliphatic rings. The fourth-order valence-corrected chi connectivity index (χ4v) is 2.20. The van der Waals surface area contributed by atoms with Gasteiger partial charge >= 0.3 is 12.0 Å². The first-order chi connectivity index (χ1) is 10.9. The molecule has 3 amide bonds. The number of nitrogens with one attached hydrogen (secondary N) is 2. The molecule has 0 aromatic heterocycles. The fourth-order valence-electron chi connectivity index (χ4n) is 1.77. The molecule has 0 aliphatic carbocycles. The van der Waals surface area contributed by atoms with Crippen LogP contribution < -0.4 is 20.1 Å². The molecule has 0 spiro atoms. The van der Waals surface area contributed by atoms with E-state index >= 15 is 0 Å². The second kappa shape index (κ2) is 7.14.